The van der Waals surface area contributed by atoms with Crippen LogP contribution in [0, 0.1) is 5.92 Å². The summed E-state index contributed by atoms with van der Waals surface area (Å²) in [5.74, 6) is -3.16. The quantitative estimate of drug-likeness (QED) is 0.546. The summed E-state index contributed by atoms with van der Waals surface area (Å²) in [5.41, 5.74) is 2.76. The fourth-order valence-corrected chi connectivity index (χ4v) is 2.05. The van der Waals surface area contributed by atoms with Crippen molar-refractivity contribution in [2.45, 2.75) is 39.2 Å². The third-order valence-corrected chi connectivity index (χ3v) is 3.05. The second-order valence-corrected chi connectivity index (χ2v) is 4.33. The number of carboxylic acids is 1. The maximum atomic E-state index is 12.3. The van der Waals surface area contributed by atoms with Crippen LogP contribution in [0.4, 0.5) is 0 Å². The standard InChI is InChI=1S/C12H20N2O5/c1-3-8(12(18)19-4-2)10(15)14-9(11(16)17)6-5-7-13-14/h8-9,13H,3-7H2,1-2H3,(H,16,17). The summed E-state index contributed by atoms with van der Waals surface area (Å²) in [5, 5.41) is 10.2. The fraction of sp³-hybridized carbons (Fsp3) is 0.750. The molecule has 1 heterocycles. The van der Waals surface area contributed by atoms with Crippen molar-refractivity contribution in [2.75, 3.05) is 13.2 Å². The molecule has 7 heteroatoms. The van der Waals surface area contributed by atoms with Gasteiger partial charge in [0, 0.05) is 6.54 Å². The SMILES string of the molecule is CCOC(=O)C(CC)C(=O)N1NCCCC1C(=O)O. The molecule has 2 N–H and O–H groups in total. The van der Waals surface area contributed by atoms with Gasteiger partial charge < -0.3 is 9.84 Å². The Kier molecular flexibility index (Phi) is 5.75. The Hall–Kier alpha value is -1.63. The minimum Gasteiger partial charge on any atom is -0.480 e. The van der Waals surface area contributed by atoms with Crippen molar-refractivity contribution in [2.24, 2.45) is 5.92 Å². The van der Waals surface area contributed by atoms with Gasteiger partial charge in [-0.1, -0.05) is 6.92 Å². The van der Waals surface area contributed by atoms with Crippen molar-refractivity contribution in [3.8, 4) is 0 Å². The number of esters is 1. The molecule has 1 aliphatic heterocycles. The van der Waals surface area contributed by atoms with Gasteiger partial charge in [-0.15, -0.1) is 0 Å². The first kappa shape index (κ1) is 15.4. The van der Waals surface area contributed by atoms with Crippen LogP contribution >= 0.6 is 0 Å². The molecular weight excluding hydrogens is 252 g/mol. The molecule has 19 heavy (non-hydrogen) atoms. The van der Waals surface area contributed by atoms with Crippen molar-refractivity contribution < 1.29 is 24.2 Å². The number of ether oxygens (including phenoxy) is 1. The third-order valence-electron chi connectivity index (χ3n) is 3.05. The number of aliphatic carboxylic acids is 1. The molecule has 1 aliphatic rings. The molecule has 0 aromatic heterocycles. The van der Waals surface area contributed by atoms with Crippen LogP contribution in [0.3, 0.4) is 0 Å². The molecule has 2 unspecified atom stereocenters. The summed E-state index contributed by atoms with van der Waals surface area (Å²) in [4.78, 5) is 35.1. The molecule has 7 nitrogen and oxygen atoms in total. The van der Waals surface area contributed by atoms with E-state index in [0.717, 1.165) is 5.01 Å². The second-order valence-electron chi connectivity index (χ2n) is 4.33. The molecule has 0 bridgehead atoms. The molecule has 0 aromatic rings. The van der Waals surface area contributed by atoms with Gasteiger partial charge in [-0.2, -0.15) is 0 Å². The van der Waals surface area contributed by atoms with E-state index in [0.29, 0.717) is 19.4 Å². The Labute approximate surface area is 111 Å². The van der Waals surface area contributed by atoms with Gasteiger partial charge in [0.1, 0.15) is 12.0 Å². The van der Waals surface area contributed by atoms with Gasteiger partial charge in [0.15, 0.2) is 0 Å². The van der Waals surface area contributed by atoms with Gasteiger partial charge in [-0.05, 0) is 26.2 Å². The first-order valence-corrected chi connectivity index (χ1v) is 6.48. The van der Waals surface area contributed by atoms with Gasteiger partial charge in [-0.3, -0.25) is 14.6 Å². The largest absolute Gasteiger partial charge is 0.480 e. The Morgan fingerprint density at radius 2 is 2.11 bits per heavy atom. The van der Waals surface area contributed by atoms with Crippen molar-refractivity contribution in [1.29, 1.82) is 0 Å². The van der Waals surface area contributed by atoms with E-state index in [9.17, 15) is 14.4 Å². The predicted octanol–water partition coefficient (Wildman–Crippen LogP) is 0.156. The predicted molar refractivity (Wildman–Crippen MR) is 65.9 cm³/mol. The van der Waals surface area contributed by atoms with E-state index in [1.165, 1.54) is 0 Å². The molecule has 1 fully saturated rings. The van der Waals surface area contributed by atoms with Crippen LogP contribution in [0.2, 0.25) is 0 Å². The minimum atomic E-state index is -1.07. The molecule has 108 valence electrons. The Morgan fingerprint density at radius 1 is 1.42 bits per heavy atom. The van der Waals surface area contributed by atoms with Crippen LogP contribution in [-0.2, 0) is 19.1 Å². The molecule has 0 radical (unpaired) electrons. The number of hydrazine groups is 1. The van der Waals surface area contributed by atoms with E-state index in [-0.39, 0.29) is 13.0 Å². The zero-order chi connectivity index (χ0) is 14.4. The van der Waals surface area contributed by atoms with E-state index >= 15 is 0 Å². The summed E-state index contributed by atoms with van der Waals surface area (Å²) in [6, 6.07) is -0.926. The maximum Gasteiger partial charge on any atom is 0.328 e. The molecule has 1 amide bonds. The number of carboxylic acid groups (broad SMARTS) is 1. The zero-order valence-electron chi connectivity index (χ0n) is 11.2. The first-order valence-electron chi connectivity index (χ1n) is 6.48. The normalized spacial score (nSPS) is 20.7. The van der Waals surface area contributed by atoms with Gasteiger partial charge in [-0.25, -0.2) is 10.2 Å². The Balaban J connectivity index is 2.82. The summed E-state index contributed by atoms with van der Waals surface area (Å²) in [7, 11) is 0. The number of amides is 1. The number of rotatable bonds is 5. The minimum absolute atomic E-state index is 0.193. The lowest BCUT2D eigenvalue weighted by molar-refractivity contribution is -0.165. The lowest BCUT2D eigenvalue weighted by Crippen LogP contribution is -2.58. The summed E-state index contributed by atoms with van der Waals surface area (Å²) in [6.07, 6.45) is 1.34. The van der Waals surface area contributed by atoms with Crippen LogP contribution < -0.4 is 5.43 Å². The third kappa shape index (κ3) is 3.66. The monoisotopic (exact) mass is 272 g/mol. The first-order chi connectivity index (χ1) is 9.02. The zero-order valence-corrected chi connectivity index (χ0v) is 11.2. The number of nitrogens with one attached hydrogen (secondary N) is 1. The highest BCUT2D eigenvalue weighted by molar-refractivity contribution is 5.99. The lowest BCUT2D eigenvalue weighted by Gasteiger charge is -2.35. The fourth-order valence-electron chi connectivity index (χ4n) is 2.05. The van der Waals surface area contributed by atoms with E-state index in [2.05, 4.69) is 5.43 Å². The molecule has 1 rings (SSSR count). The number of nitrogens with zero attached hydrogens (tertiary/aromatic N) is 1. The van der Waals surface area contributed by atoms with Crippen LogP contribution in [-0.4, -0.2) is 47.2 Å². The molecule has 2 atom stereocenters. The van der Waals surface area contributed by atoms with Crippen LogP contribution in [0.25, 0.3) is 0 Å². The van der Waals surface area contributed by atoms with Gasteiger partial charge >= 0.3 is 11.9 Å². The second kappa shape index (κ2) is 7.08. The number of hydrogen-bond donors (Lipinski definition) is 2. The topological polar surface area (TPSA) is 95.9 Å². The van der Waals surface area contributed by atoms with Crippen molar-refractivity contribution in [1.82, 2.24) is 10.4 Å². The smallest absolute Gasteiger partial charge is 0.328 e. The highest BCUT2D eigenvalue weighted by atomic mass is 16.5. The van der Waals surface area contributed by atoms with E-state index in [1.54, 1.807) is 13.8 Å². The van der Waals surface area contributed by atoms with Crippen LogP contribution in [0.1, 0.15) is 33.1 Å². The molecule has 0 spiro atoms. The van der Waals surface area contributed by atoms with E-state index < -0.39 is 29.8 Å². The molecule has 0 aliphatic carbocycles. The molecule has 0 saturated carbocycles. The Morgan fingerprint density at radius 3 is 2.63 bits per heavy atom. The summed E-state index contributed by atoms with van der Waals surface area (Å²) < 4.78 is 4.84. The van der Waals surface area contributed by atoms with Gasteiger partial charge in [0.25, 0.3) is 5.91 Å². The van der Waals surface area contributed by atoms with Crippen LogP contribution in [0.5, 0.6) is 0 Å². The van der Waals surface area contributed by atoms with Crippen molar-refractivity contribution >= 4 is 17.8 Å². The molecule has 1 saturated heterocycles. The van der Waals surface area contributed by atoms with Crippen LogP contribution in [0.15, 0.2) is 0 Å². The highest BCUT2D eigenvalue weighted by Crippen LogP contribution is 2.17. The van der Waals surface area contributed by atoms with Gasteiger partial charge in [0.2, 0.25) is 0 Å². The van der Waals surface area contributed by atoms with E-state index in [4.69, 9.17) is 9.84 Å². The van der Waals surface area contributed by atoms with Crippen molar-refractivity contribution in [3.63, 3.8) is 0 Å². The average molecular weight is 272 g/mol. The Bertz CT molecular complexity index is 358. The molecule has 0 aromatic carbocycles. The number of hydrogen-bond acceptors (Lipinski definition) is 5. The van der Waals surface area contributed by atoms with Crippen molar-refractivity contribution in [3.05, 3.63) is 0 Å². The lowest BCUT2D eigenvalue weighted by atomic mass is 10.0. The van der Waals surface area contributed by atoms with E-state index in [1.807, 2.05) is 0 Å². The summed E-state index contributed by atoms with van der Waals surface area (Å²) in [6.45, 7) is 4.07. The number of carbonyl (C=O) groups excluding carboxylic acids is 2. The average Bonchev–Trinajstić information content (AvgIpc) is 2.39. The highest BCUT2D eigenvalue weighted by Gasteiger charge is 2.38. The number of carbonyl (C=O) groups is 3. The molecular formula is C12H20N2O5. The summed E-state index contributed by atoms with van der Waals surface area (Å²) >= 11 is 0. The van der Waals surface area contributed by atoms with Gasteiger partial charge in [0.05, 0.1) is 6.61 Å². The maximum absolute atomic E-state index is 12.3.